The highest BCUT2D eigenvalue weighted by atomic mass is 16.6. The maximum absolute atomic E-state index is 6.87. The van der Waals surface area contributed by atoms with Gasteiger partial charge in [0.15, 0.2) is 0 Å². The Morgan fingerprint density at radius 2 is 0.851 bits per heavy atom. The fourth-order valence-corrected chi connectivity index (χ4v) is 5.41. The molecular formula is C42H45NO4. The molecule has 0 saturated carbocycles. The van der Waals surface area contributed by atoms with Gasteiger partial charge in [-0.15, -0.1) is 6.58 Å². The zero-order valence-electron chi connectivity index (χ0n) is 26.9. The third-order valence-corrected chi connectivity index (χ3v) is 7.95. The van der Waals surface area contributed by atoms with Crippen LogP contribution in [0.1, 0.15) is 27.8 Å². The minimum atomic E-state index is -0.506. The zero-order valence-corrected chi connectivity index (χ0v) is 26.9. The lowest BCUT2D eigenvalue weighted by molar-refractivity contribution is -0.153. The highest BCUT2D eigenvalue weighted by Crippen LogP contribution is 2.23. The number of benzene rings is 5. The van der Waals surface area contributed by atoms with Crippen LogP contribution >= 0.6 is 0 Å². The Morgan fingerprint density at radius 3 is 1.30 bits per heavy atom. The van der Waals surface area contributed by atoms with E-state index in [0.717, 1.165) is 22.3 Å². The molecule has 5 rings (SSSR count). The Hall–Kier alpha value is -4.36. The molecule has 5 nitrogen and oxygen atoms in total. The van der Waals surface area contributed by atoms with E-state index in [1.54, 1.807) is 0 Å². The molecule has 0 aromatic heterocycles. The van der Waals surface area contributed by atoms with Gasteiger partial charge in [0.05, 0.1) is 39.1 Å². The van der Waals surface area contributed by atoms with Crippen molar-refractivity contribution in [1.29, 1.82) is 0 Å². The van der Waals surface area contributed by atoms with Crippen LogP contribution in [-0.2, 0) is 51.9 Å². The molecule has 5 aromatic rings. The monoisotopic (exact) mass is 627 g/mol. The number of rotatable bonds is 20. The Morgan fingerprint density at radius 1 is 0.468 bits per heavy atom. The smallest absolute Gasteiger partial charge is 0.115 e. The number of nitrogens with one attached hydrogen (secondary N) is 1. The lowest BCUT2D eigenvalue weighted by Gasteiger charge is -2.37. The van der Waals surface area contributed by atoms with E-state index in [4.69, 9.17) is 18.9 Å². The molecule has 242 valence electrons. The first-order valence-electron chi connectivity index (χ1n) is 16.3. The highest BCUT2D eigenvalue weighted by molar-refractivity contribution is 5.18. The summed E-state index contributed by atoms with van der Waals surface area (Å²) in [6, 6.07) is 50.9. The van der Waals surface area contributed by atoms with Crippen LogP contribution < -0.4 is 5.32 Å². The fraction of sp³-hybridized carbons (Fsp3) is 0.238. The van der Waals surface area contributed by atoms with E-state index >= 15 is 0 Å². The maximum Gasteiger partial charge on any atom is 0.115 e. The third kappa shape index (κ3) is 11.4. The molecular weight excluding hydrogens is 582 g/mol. The highest BCUT2D eigenvalue weighted by Gasteiger charge is 2.37. The van der Waals surface area contributed by atoms with E-state index < -0.39 is 18.3 Å². The van der Waals surface area contributed by atoms with E-state index in [2.05, 4.69) is 84.7 Å². The molecule has 0 aliphatic carbocycles. The molecule has 0 aliphatic heterocycles. The molecule has 0 bridgehead atoms. The molecule has 0 fully saturated rings. The van der Waals surface area contributed by atoms with Crippen molar-refractivity contribution in [3.05, 3.63) is 192 Å². The topological polar surface area (TPSA) is 49.0 Å². The predicted octanol–water partition coefficient (Wildman–Crippen LogP) is 8.30. The van der Waals surface area contributed by atoms with Gasteiger partial charge in [-0.25, -0.2) is 0 Å². The van der Waals surface area contributed by atoms with Crippen LogP contribution in [0.2, 0.25) is 0 Å². The Labute approximate surface area is 279 Å². The molecule has 1 N–H and O–H groups in total. The van der Waals surface area contributed by atoms with Crippen molar-refractivity contribution in [3.8, 4) is 0 Å². The largest absolute Gasteiger partial charge is 0.375 e. The molecule has 0 heterocycles. The number of ether oxygens (including phenoxy) is 4. The molecule has 5 aromatic carbocycles. The van der Waals surface area contributed by atoms with Crippen molar-refractivity contribution >= 4 is 0 Å². The Kier molecular flexibility index (Phi) is 14.0. The summed E-state index contributed by atoms with van der Waals surface area (Å²) in [7, 11) is 0. The summed E-state index contributed by atoms with van der Waals surface area (Å²) in [5.74, 6) is 0. The summed E-state index contributed by atoms with van der Waals surface area (Å²) >= 11 is 0. The molecule has 0 radical (unpaired) electrons. The summed E-state index contributed by atoms with van der Waals surface area (Å²) in [5, 5.41) is 3.77. The average Bonchev–Trinajstić information content (AvgIpc) is 3.14. The maximum atomic E-state index is 6.87. The molecule has 0 spiro atoms. The Bertz CT molecular complexity index is 1530. The average molecular weight is 628 g/mol. The SMILES string of the molecule is C=CC(OCc1ccccc1)C(OCc1ccccc1)[C@H](OCc1ccccc1)C(COCc1ccccc1)NCc1ccccc1. The van der Waals surface area contributed by atoms with Gasteiger partial charge in [0.1, 0.15) is 18.3 Å². The summed E-state index contributed by atoms with van der Waals surface area (Å²) in [5.41, 5.74) is 5.51. The van der Waals surface area contributed by atoms with Gasteiger partial charge in [0.2, 0.25) is 0 Å². The molecule has 3 unspecified atom stereocenters. The first kappa shape index (κ1) is 34.0. The normalized spacial score (nSPS) is 13.8. The summed E-state index contributed by atoms with van der Waals surface area (Å²) in [6.45, 7) is 6.93. The van der Waals surface area contributed by atoms with Gasteiger partial charge < -0.3 is 24.3 Å². The third-order valence-electron chi connectivity index (χ3n) is 7.95. The van der Waals surface area contributed by atoms with E-state index in [1.165, 1.54) is 5.56 Å². The molecule has 4 atom stereocenters. The molecule has 0 saturated heterocycles. The lowest BCUT2D eigenvalue weighted by Crippen LogP contribution is -2.54. The molecule has 0 amide bonds. The molecule has 0 aliphatic rings. The molecule has 5 heteroatoms. The van der Waals surface area contributed by atoms with E-state index in [-0.39, 0.29) is 6.04 Å². The van der Waals surface area contributed by atoms with Crippen LogP contribution in [0, 0.1) is 0 Å². The van der Waals surface area contributed by atoms with E-state index in [9.17, 15) is 0 Å². The Balaban J connectivity index is 1.45. The van der Waals surface area contributed by atoms with Crippen LogP contribution in [0.15, 0.2) is 164 Å². The second-order valence-corrected chi connectivity index (χ2v) is 11.5. The minimum Gasteiger partial charge on any atom is -0.375 e. The van der Waals surface area contributed by atoms with Crippen molar-refractivity contribution < 1.29 is 18.9 Å². The fourth-order valence-electron chi connectivity index (χ4n) is 5.41. The van der Waals surface area contributed by atoms with Crippen LogP contribution in [0.3, 0.4) is 0 Å². The first-order chi connectivity index (χ1) is 23.3. The van der Waals surface area contributed by atoms with Crippen LogP contribution in [0.25, 0.3) is 0 Å². The van der Waals surface area contributed by atoms with Crippen molar-refractivity contribution in [1.82, 2.24) is 5.32 Å². The minimum absolute atomic E-state index is 0.244. The van der Waals surface area contributed by atoms with Gasteiger partial charge in [0, 0.05) is 6.54 Å². The van der Waals surface area contributed by atoms with Crippen LogP contribution in [0.4, 0.5) is 0 Å². The lowest BCUT2D eigenvalue weighted by atomic mass is 9.99. The van der Waals surface area contributed by atoms with Gasteiger partial charge in [0.25, 0.3) is 0 Å². The first-order valence-corrected chi connectivity index (χ1v) is 16.3. The van der Waals surface area contributed by atoms with Gasteiger partial charge in [-0.2, -0.15) is 0 Å². The van der Waals surface area contributed by atoms with Gasteiger partial charge >= 0.3 is 0 Å². The number of hydrogen-bond acceptors (Lipinski definition) is 5. The predicted molar refractivity (Wildman–Crippen MR) is 188 cm³/mol. The van der Waals surface area contributed by atoms with E-state index in [1.807, 2.05) is 84.9 Å². The van der Waals surface area contributed by atoms with Gasteiger partial charge in [-0.3, -0.25) is 0 Å². The standard InChI is InChI=1S/C42H45NO4/c1-2-40(45-30-36-22-12-5-13-23-36)42(47-32-38-26-16-7-17-27-38)41(46-31-37-24-14-6-15-25-37)39(43-28-34-18-8-3-9-19-34)33-44-29-35-20-10-4-11-21-35/h2-27,39-43H,1,28-33H2/t39?,40?,41-,42?/m1/s1. The quantitative estimate of drug-likeness (QED) is 0.0880. The zero-order chi connectivity index (χ0) is 32.4. The van der Waals surface area contributed by atoms with Crippen molar-refractivity contribution in [2.24, 2.45) is 0 Å². The summed E-state index contributed by atoms with van der Waals surface area (Å²) in [4.78, 5) is 0. The van der Waals surface area contributed by atoms with Crippen molar-refractivity contribution in [2.45, 2.75) is 57.3 Å². The molecule has 47 heavy (non-hydrogen) atoms. The van der Waals surface area contributed by atoms with Crippen LogP contribution in [-0.4, -0.2) is 31.0 Å². The van der Waals surface area contributed by atoms with E-state index in [0.29, 0.717) is 39.6 Å². The second-order valence-electron chi connectivity index (χ2n) is 11.5. The van der Waals surface area contributed by atoms with Crippen LogP contribution in [0.5, 0.6) is 0 Å². The van der Waals surface area contributed by atoms with Crippen molar-refractivity contribution in [3.63, 3.8) is 0 Å². The van der Waals surface area contributed by atoms with Crippen molar-refractivity contribution in [2.75, 3.05) is 6.61 Å². The van der Waals surface area contributed by atoms with Gasteiger partial charge in [-0.1, -0.05) is 158 Å². The second kappa shape index (κ2) is 19.3. The number of hydrogen-bond donors (Lipinski definition) is 1. The summed E-state index contributed by atoms with van der Waals surface area (Å²) in [6.07, 6.45) is 0.400. The van der Waals surface area contributed by atoms with Gasteiger partial charge in [-0.05, 0) is 27.8 Å². The summed E-state index contributed by atoms with van der Waals surface area (Å²) < 4.78 is 26.6.